The van der Waals surface area contributed by atoms with E-state index in [1.165, 1.54) is 87.3 Å². The Bertz CT molecular complexity index is 1020. The lowest BCUT2D eigenvalue weighted by molar-refractivity contribution is -0.0154. The lowest BCUT2D eigenvalue weighted by atomic mass is 9.96. The van der Waals surface area contributed by atoms with Crippen molar-refractivity contribution in [2.24, 2.45) is 0 Å². The van der Waals surface area contributed by atoms with Gasteiger partial charge < -0.3 is 0 Å². The molecule has 0 bridgehead atoms. The first-order chi connectivity index (χ1) is 18.5. The van der Waals surface area contributed by atoms with Gasteiger partial charge in [0, 0.05) is 12.0 Å². The Morgan fingerprint density at radius 2 is 0.816 bits per heavy atom. The predicted molar refractivity (Wildman–Crippen MR) is 161 cm³/mol. The zero-order valence-electron chi connectivity index (χ0n) is 23.8. The summed E-state index contributed by atoms with van der Waals surface area (Å²) in [6.07, 6.45) is 17.5. The summed E-state index contributed by atoms with van der Waals surface area (Å²) in [7, 11) is 0. The highest BCUT2D eigenvalue weighted by Gasteiger charge is 2.30. The first kappa shape index (κ1) is 30.1. The van der Waals surface area contributed by atoms with E-state index >= 15 is 0 Å². The van der Waals surface area contributed by atoms with Crippen LogP contribution in [0.2, 0.25) is 0 Å². The van der Waals surface area contributed by atoms with Gasteiger partial charge in [0.25, 0.3) is 5.92 Å². The van der Waals surface area contributed by atoms with Crippen LogP contribution in [0.3, 0.4) is 0 Å². The lowest BCUT2D eigenvalue weighted by Gasteiger charge is -2.16. The predicted octanol–water partition coefficient (Wildman–Crippen LogP) is 12.2. The fourth-order valence-corrected chi connectivity index (χ4v) is 5.16. The summed E-state index contributed by atoms with van der Waals surface area (Å²) >= 11 is 0. The minimum atomic E-state index is -2.75. The molecule has 3 rings (SSSR count). The average molecular weight is 519 g/mol. The Morgan fingerprint density at radius 3 is 1.26 bits per heavy atom. The van der Waals surface area contributed by atoms with Gasteiger partial charge in [-0.3, -0.25) is 0 Å². The highest BCUT2D eigenvalue weighted by atomic mass is 19.3. The quantitative estimate of drug-likeness (QED) is 0.147. The van der Waals surface area contributed by atoms with Crippen LogP contribution in [-0.4, -0.2) is 0 Å². The summed E-state index contributed by atoms with van der Waals surface area (Å²) in [5, 5.41) is 0. The molecule has 3 aromatic rings. The second-order valence-electron chi connectivity index (χ2n) is 10.9. The topological polar surface area (TPSA) is 0 Å². The Labute approximate surface area is 230 Å². The van der Waals surface area contributed by atoms with Gasteiger partial charge in [-0.15, -0.1) is 0 Å². The van der Waals surface area contributed by atoms with Gasteiger partial charge in [-0.05, 0) is 47.1 Å². The second-order valence-corrected chi connectivity index (χ2v) is 10.9. The molecule has 0 aliphatic carbocycles. The molecule has 206 valence electrons. The lowest BCUT2D eigenvalue weighted by Crippen LogP contribution is -2.12. The van der Waals surface area contributed by atoms with Gasteiger partial charge in [-0.1, -0.05) is 157 Å². The monoisotopic (exact) mass is 518 g/mol. The summed E-state index contributed by atoms with van der Waals surface area (Å²) in [4.78, 5) is 0. The van der Waals surface area contributed by atoms with Gasteiger partial charge in [-0.2, -0.15) is 0 Å². The van der Waals surface area contributed by atoms with Crippen molar-refractivity contribution in [1.82, 2.24) is 0 Å². The zero-order valence-corrected chi connectivity index (χ0v) is 23.8. The maximum absolute atomic E-state index is 14.3. The molecule has 0 aliphatic rings. The van der Waals surface area contributed by atoms with Gasteiger partial charge in [0.05, 0.1) is 0 Å². The molecule has 0 fully saturated rings. The molecule has 0 nitrogen and oxygen atoms in total. The first-order valence-corrected chi connectivity index (χ1v) is 15.2. The van der Waals surface area contributed by atoms with Crippen molar-refractivity contribution in [3.05, 3.63) is 83.9 Å². The fraction of sp³-hybridized carbons (Fsp3) is 0.500. The smallest absolute Gasteiger partial charge is 0.201 e. The van der Waals surface area contributed by atoms with E-state index in [-0.39, 0.29) is 12.0 Å². The summed E-state index contributed by atoms with van der Waals surface area (Å²) < 4.78 is 28.7. The van der Waals surface area contributed by atoms with Crippen LogP contribution in [0, 0.1) is 0 Å². The average Bonchev–Trinajstić information content (AvgIpc) is 2.95. The molecule has 0 saturated heterocycles. The van der Waals surface area contributed by atoms with Crippen LogP contribution in [0.25, 0.3) is 22.3 Å². The minimum Gasteiger partial charge on any atom is -0.201 e. The molecule has 3 aromatic carbocycles. The Balaban J connectivity index is 1.41. The number of benzene rings is 3. The maximum atomic E-state index is 14.3. The van der Waals surface area contributed by atoms with Crippen LogP contribution < -0.4 is 0 Å². The van der Waals surface area contributed by atoms with Crippen LogP contribution in [0.5, 0.6) is 0 Å². The van der Waals surface area contributed by atoms with E-state index in [2.05, 4.69) is 55.5 Å². The molecule has 0 N–H and O–H groups in total. The molecular weight excluding hydrogens is 470 g/mol. The number of rotatable bonds is 18. The molecule has 0 aliphatic heterocycles. The number of unbranched alkanes of at least 4 members (excludes halogenated alkanes) is 11. The third-order valence-electron chi connectivity index (χ3n) is 7.73. The zero-order chi connectivity index (χ0) is 27.1. The standard InChI is InChI=1S/C36H48F2/c1-3-5-7-8-9-10-11-12-13-14-15-16-30-17-19-31(20-18-30)32-21-23-33(24-22-32)34-25-27-35(28-26-34)36(37,38)29-6-4-2/h17-28H,3-16,29H2,1-2H3. The van der Waals surface area contributed by atoms with Crippen molar-refractivity contribution in [3.8, 4) is 22.3 Å². The summed E-state index contributed by atoms with van der Waals surface area (Å²) in [5.41, 5.74) is 5.93. The number of alkyl halides is 2. The van der Waals surface area contributed by atoms with Gasteiger partial charge in [0.15, 0.2) is 0 Å². The Morgan fingerprint density at radius 1 is 0.447 bits per heavy atom. The van der Waals surface area contributed by atoms with Crippen LogP contribution in [0.4, 0.5) is 8.78 Å². The van der Waals surface area contributed by atoms with E-state index < -0.39 is 5.92 Å². The molecule has 0 radical (unpaired) electrons. The van der Waals surface area contributed by atoms with Gasteiger partial charge >= 0.3 is 0 Å². The Kier molecular flexibility index (Phi) is 13.0. The summed E-state index contributed by atoms with van der Waals surface area (Å²) in [5.74, 6) is -2.75. The first-order valence-electron chi connectivity index (χ1n) is 15.2. The van der Waals surface area contributed by atoms with E-state index in [1.54, 1.807) is 12.1 Å². The van der Waals surface area contributed by atoms with Gasteiger partial charge in [0.1, 0.15) is 0 Å². The number of hydrogen-bond donors (Lipinski definition) is 0. The molecule has 0 amide bonds. The number of aryl methyl sites for hydroxylation is 1. The molecule has 2 heteroatoms. The number of halogens is 2. The van der Waals surface area contributed by atoms with Crippen LogP contribution >= 0.6 is 0 Å². The molecular formula is C36H48F2. The van der Waals surface area contributed by atoms with E-state index in [0.717, 1.165) is 24.0 Å². The molecule has 0 saturated carbocycles. The van der Waals surface area contributed by atoms with Gasteiger partial charge in [-0.25, -0.2) is 8.78 Å². The highest BCUT2D eigenvalue weighted by Crippen LogP contribution is 2.35. The van der Waals surface area contributed by atoms with Crippen molar-refractivity contribution in [2.75, 3.05) is 0 Å². The Hall–Kier alpha value is -2.48. The molecule has 0 spiro atoms. The van der Waals surface area contributed by atoms with Crippen molar-refractivity contribution in [2.45, 2.75) is 116 Å². The van der Waals surface area contributed by atoms with E-state index in [9.17, 15) is 8.78 Å². The normalized spacial score (nSPS) is 11.7. The maximum Gasteiger partial charge on any atom is 0.273 e. The van der Waals surface area contributed by atoms with E-state index in [1.807, 2.05) is 19.1 Å². The third-order valence-corrected chi connectivity index (χ3v) is 7.73. The van der Waals surface area contributed by atoms with Crippen molar-refractivity contribution < 1.29 is 8.78 Å². The van der Waals surface area contributed by atoms with E-state index in [4.69, 9.17) is 0 Å². The minimum absolute atomic E-state index is 0.0877. The fourth-order valence-electron chi connectivity index (χ4n) is 5.16. The summed E-state index contributed by atoms with van der Waals surface area (Å²) in [6.45, 7) is 4.22. The molecule has 0 aromatic heterocycles. The van der Waals surface area contributed by atoms with Crippen molar-refractivity contribution in [3.63, 3.8) is 0 Å². The van der Waals surface area contributed by atoms with Crippen LogP contribution in [0.15, 0.2) is 72.8 Å². The van der Waals surface area contributed by atoms with Crippen molar-refractivity contribution >= 4 is 0 Å². The molecule has 0 unspecified atom stereocenters. The van der Waals surface area contributed by atoms with E-state index in [0.29, 0.717) is 6.42 Å². The van der Waals surface area contributed by atoms with Crippen molar-refractivity contribution in [1.29, 1.82) is 0 Å². The highest BCUT2D eigenvalue weighted by molar-refractivity contribution is 5.70. The van der Waals surface area contributed by atoms with Crippen LogP contribution in [0.1, 0.15) is 115 Å². The molecule has 38 heavy (non-hydrogen) atoms. The third kappa shape index (κ3) is 10.0. The SMILES string of the molecule is CCCCCCCCCCCCCc1ccc(-c2ccc(-c3ccc(C(F)(F)CCCC)cc3)cc2)cc1. The van der Waals surface area contributed by atoms with Crippen LogP contribution in [-0.2, 0) is 12.3 Å². The summed E-state index contributed by atoms with van der Waals surface area (Å²) in [6, 6.07) is 24.1. The second kappa shape index (κ2) is 16.5. The largest absolute Gasteiger partial charge is 0.273 e. The molecule has 0 atom stereocenters. The number of hydrogen-bond acceptors (Lipinski definition) is 0. The van der Waals surface area contributed by atoms with Gasteiger partial charge in [0.2, 0.25) is 0 Å². The molecule has 0 heterocycles.